The Balaban J connectivity index is 1.65. The van der Waals surface area contributed by atoms with Crippen molar-refractivity contribution >= 4 is 29.3 Å². The third-order valence-corrected chi connectivity index (χ3v) is 6.03. The van der Waals surface area contributed by atoms with Crippen LogP contribution in [-0.4, -0.2) is 45.5 Å². The van der Waals surface area contributed by atoms with Crippen molar-refractivity contribution in [2.75, 3.05) is 24.3 Å². The summed E-state index contributed by atoms with van der Waals surface area (Å²) in [7, 11) is 0. The minimum atomic E-state index is -0.402. The molecule has 1 aliphatic carbocycles. The zero-order chi connectivity index (χ0) is 22.2. The molecule has 9 heteroatoms. The largest absolute Gasteiger partial charge is 0.462 e. The monoisotopic (exact) mass is 445 g/mol. The molecular weight excluding hydrogens is 418 g/mol. The molecule has 166 valence electrons. The number of hydrogen-bond donors (Lipinski definition) is 2. The van der Waals surface area contributed by atoms with Crippen LogP contribution in [-0.2, 0) is 28.9 Å². The van der Waals surface area contributed by atoms with Gasteiger partial charge in [0, 0.05) is 30.1 Å². The Morgan fingerprint density at radius 2 is 1.97 bits per heavy atom. The fourth-order valence-electron chi connectivity index (χ4n) is 3.56. The van der Waals surface area contributed by atoms with E-state index < -0.39 is 5.97 Å². The Morgan fingerprint density at radius 1 is 1.23 bits per heavy atom. The lowest BCUT2D eigenvalue weighted by molar-refractivity contribution is -0.113. The summed E-state index contributed by atoms with van der Waals surface area (Å²) >= 11 is 1.26. The molecular formula is C22H27N3O5S. The van der Waals surface area contributed by atoms with E-state index in [9.17, 15) is 14.4 Å². The highest BCUT2D eigenvalue weighted by Crippen LogP contribution is 2.28. The second kappa shape index (κ2) is 11.1. The van der Waals surface area contributed by atoms with Crippen LogP contribution in [0.1, 0.15) is 47.8 Å². The average molecular weight is 446 g/mol. The molecule has 0 spiro atoms. The number of ether oxygens (including phenoxy) is 1. The first-order valence-corrected chi connectivity index (χ1v) is 11.4. The summed E-state index contributed by atoms with van der Waals surface area (Å²) in [6.07, 6.45) is 4.20. The molecule has 1 heterocycles. The van der Waals surface area contributed by atoms with Crippen molar-refractivity contribution in [3.05, 3.63) is 51.6 Å². The van der Waals surface area contributed by atoms with Crippen molar-refractivity contribution in [1.29, 1.82) is 0 Å². The second-order valence-corrected chi connectivity index (χ2v) is 8.16. The van der Waals surface area contributed by atoms with E-state index in [0.717, 1.165) is 36.9 Å². The summed E-state index contributed by atoms with van der Waals surface area (Å²) in [4.78, 5) is 40.8. The molecule has 0 radical (unpaired) electrons. The van der Waals surface area contributed by atoms with Crippen LogP contribution in [0.3, 0.4) is 0 Å². The van der Waals surface area contributed by atoms with Crippen LogP contribution < -0.4 is 11.0 Å². The standard InChI is InChI=1S/C22H27N3O5S/c1-2-30-21(28)15-8-10-16(11-9-15)23-19(27)14-31-20-17-6-3-4-7-18(17)25(12-5-13-26)22(29)24-20/h8-11,26H,2-7,12-14H2,1H3,(H,23,27). The SMILES string of the molecule is CCOC(=O)c1ccc(NC(=O)CSc2nc(=O)n(CCCO)c3c2CCCC3)cc1. The van der Waals surface area contributed by atoms with Gasteiger partial charge >= 0.3 is 11.7 Å². The van der Waals surface area contributed by atoms with E-state index in [0.29, 0.717) is 35.8 Å². The van der Waals surface area contributed by atoms with Crippen molar-refractivity contribution in [3.8, 4) is 0 Å². The molecule has 2 aromatic rings. The van der Waals surface area contributed by atoms with Gasteiger partial charge in [0.05, 0.1) is 17.9 Å². The predicted octanol–water partition coefficient (Wildman–Crippen LogP) is 2.41. The summed E-state index contributed by atoms with van der Waals surface area (Å²) in [6, 6.07) is 6.50. The number of carbonyl (C=O) groups excluding carboxylic acids is 2. The highest BCUT2D eigenvalue weighted by molar-refractivity contribution is 8.00. The van der Waals surface area contributed by atoms with Gasteiger partial charge in [-0.15, -0.1) is 0 Å². The fourth-order valence-corrected chi connectivity index (χ4v) is 4.44. The van der Waals surface area contributed by atoms with Gasteiger partial charge in [-0.25, -0.2) is 9.59 Å². The van der Waals surface area contributed by atoms with Crippen LogP contribution in [0, 0.1) is 0 Å². The highest BCUT2D eigenvalue weighted by Gasteiger charge is 2.21. The molecule has 31 heavy (non-hydrogen) atoms. The van der Waals surface area contributed by atoms with E-state index in [1.165, 1.54) is 11.8 Å². The molecule has 0 aliphatic heterocycles. The number of amides is 1. The maximum absolute atomic E-state index is 12.5. The predicted molar refractivity (Wildman–Crippen MR) is 119 cm³/mol. The molecule has 0 atom stereocenters. The lowest BCUT2D eigenvalue weighted by atomic mass is 9.97. The minimum Gasteiger partial charge on any atom is -0.462 e. The van der Waals surface area contributed by atoms with Crippen LogP contribution in [0.5, 0.6) is 0 Å². The molecule has 2 N–H and O–H groups in total. The van der Waals surface area contributed by atoms with E-state index >= 15 is 0 Å². The number of esters is 1. The number of aromatic nitrogens is 2. The second-order valence-electron chi connectivity index (χ2n) is 7.20. The van der Waals surface area contributed by atoms with Crippen molar-refractivity contribution in [2.24, 2.45) is 0 Å². The lowest BCUT2D eigenvalue weighted by Crippen LogP contribution is -2.30. The van der Waals surface area contributed by atoms with Gasteiger partial charge in [-0.05, 0) is 63.3 Å². The Kier molecular flexibility index (Phi) is 8.25. The Morgan fingerprint density at radius 3 is 2.68 bits per heavy atom. The van der Waals surface area contributed by atoms with E-state index in [4.69, 9.17) is 9.84 Å². The maximum Gasteiger partial charge on any atom is 0.348 e. The topological polar surface area (TPSA) is 111 Å². The molecule has 0 saturated heterocycles. The zero-order valence-electron chi connectivity index (χ0n) is 17.6. The number of fused-ring (bicyclic) bond motifs is 1. The number of rotatable bonds is 9. The molecule has 0 saturated carbocycles. The summed E-state index contributed by atoms with van der Waals surface area (Å²) in [5.74, 6) is -0.496. The van der Waals surface area contributed by atoms with Crippen LogP contribution in [0.25, 0.3) is 0 Å². The van der Waals surface area contributed by atoms with Gasteiger partial charge in [-0.2, -0.15) is 4.98 Å². The van der Waals surface area contributed by atoms with Gasteiger partial charge in [0.1, 0.15) is 5.03 Å². The van der Waals surface area contributed by atoms with Gasteiger partial charge in [-0.3, -0.25) is 9.36 Å². The number of thioether (sulfide) groups is 1. The zero-order valence-corrected chi connectivity index (χ0v) is 18.4. The Bertz CT molecular complexity index is 988. The number of anilines is 1. The number of benzene rings is 1. The van der Waals surface area contributed by atoms with Gasteiger partial charge < -0.3 is 15.2 Å². The highest BCUT2D eigenvalue weighted by atomic mass is 32.2. The van der Waals surface area contributed by atoms with E-state index in [1.54, 1.807) is 35.8 Å². The molecule has 1 aliphatic rings. The molecule has 1 aromatic carbocycles. The number of aliphatic hydroxyl groups excluding tert-OH is 1. The first-order chi connectivity index (χ1) is 15.0. The van der Waals surface area contributed by atoms with Gasteiger partial charge in [-0.1, -0.05) is 11.8 Å². The molecule has 1 amide bonds. The number of carbonyl (C=O) groups is 2. The van der Waals surface area contributed by atoms with E-state index in [1.807, 2.05) is 0 Å². The summed E-state index contributed by atoms with van der Waals surface area (Å²) in [5.41, 5.74) is 2.70. The quantitative estimate of drug-likeness (QED) is 0.346. The summed E-state index contributed by atoms with van der Waals surface area (Å²) in [6.45, 7) is 2.53. The van der Waals surface area contributed by atoms with E-state index in [2.05, 4.69) is 10.3 Å². The van der Waals surface area contributed by atoms with Gasteiger partial charge in [0.2, 0.25) is 5.91 Å². The maximum atomic E-state index is 12.5. The number of nitrogens with one attached hydrogen (secondary N) is 1. The summed E-state index contributed by atoms with van der Waals surface area (Å²) < 4.78 is 6.61. The fraction of sp³-hybridized carbons (Fsp3) is 0.455. The molecule has 1 aromatic heterocycles. The van der Waals surface area contributed by atoms with Crippen LogP contribution in [0.4, 0.5) is 5.69 Å². The van der Waals surface area contributed by atoms with Crippen LogP contribution in [0.2, 0.25) is 0 Å². The number of nitrogens with zero attached hydrogens (tertiary/aromatic N) is 2. The lowest BCUT2D eigenvalue weighted by Gasteiger charge is -2.22. The molecule has 0 fully saturated rings. The molecule has 0 unspecified atom stereocenters. The normalized spacial score (nSPS) is 12.8. The first kappa shape index (κ1) is 23.0. The van der Waals surface area contributed by atoms with Gasteiger partial charge in [0.15, 0.2) is 0 Å². The summed E-state index contributed by atoms with van der Waals surface area (Å²) in [5, 5.41) is 12.5. The van der Waals surface area contributed by atoms with Crippen molar-refractivity contribution in [1.82, 2.24) is 9.55 Å². The van der Waals surface area contributed by atoms with Crippen molar-refractivity contribution < 1.29 is 19.4 Å². The van der Waals surface area contributed by atoms with Crippen molar-refractivity contribution in [3.63, 3.8) is 0 Å². The Hall–Kier alpha value is -2.65. The number of aliphatic hydroxyl groups is 1. The Labute approximate surface area is 185 Å². The molecule has 8 nitrogen and oxygen atoms in total. The number of hydrogen-bond acceptors (Lipinski definition) is 7. The third-order valence-electron chi connectivity index (χ3n) is 5.01. The first-order valence-electron chi connectivity index (χ1n) is 10.5. The van der Waals surface area contributed by atoms with Crippen LogP contribution in [0.15, 0.2) is 34.1 Å². The van der Waals surface area contributed by atoms with Crippen molar-refractivity contribution in [2.45, 2.75) is 50.6 Å². The average Bonchev–Trinajstić information content (AvgIpc) is 2.77. The third kappa shape index (κ3) is 5.95. The smallest absolute Gasteiger partial charge is 0.348 e. The minimum absolute atomic E-state index is 0.0264. The van der Waals surface area contributed by atoms with E-state index in [-0.39, 0.29) is 24.0 Å². The van der Waals surface area contributed by atoms with Gasteiger partial charge in [0.25, 0.3) is 0 Å². The molecule has 0 bridgehead atoms. The molecule has 3 rings (SSSR count). The van der Waals surface area contributed by atoms with Crippen LogP contribution >= 0.6 is 11.8 Å².